The second-order valence-corrected chi connectivity index (χ2v) is 12.2. The van der Waals surface area contributed by atoms with Gasteiger partial charge < -0.3 is 24.7 Å². The number of fused-ring (bicyclic) bond motifs is 2. The van der Waals surface area contributed by atoms with Crippen molar-refractivity contribution in [3.63, 3.8) is 0 Å². The van der Waals surface area contributed by atoms with Crippen molar-refractivity contribution in [1.82, 2.24) is 24.4 Å². The lowest BCUT2D eigenvalue weighted by Gasteiger charge is -2.46. The van der Waals surface area contributed by atoms with Crippen LogP contribution in [0.15, 0.2) is 43.0 Å². The number of carbonyl (C=O) groups is 1. The summed E-state index contributed by atoms with van der Waals surface area (Å²) in [5.41, 5.74) is 8.20. The molecule has 1 saturated carbocycles. The molecule has 2 aliphatic heterocycles. The molecule has 0 radical (unpaired) electrons. The first-order valence-corrected chi connectivity index (χ1v) is 14.6. The molecule has 0 spiro atoms. The standard InChI is InChI=1S/C30H40N6O5/c1-18(2)35(21-12-20(13-21)10-11-23(37)38-15-19-8-6-5-7-9-19)14-22-25-26(41-30(3,4)40-25)29(39-22)36-17-34-24-27(31)32-16-33-28(24)36/h5-9,16-18,20-22,25-26,29H,10-15H2,1-4H3,(H2,31,32,33)/t20?,21?,22?,25-,26-,29-/m1/s1. The Kier molecular flexibility index (Phi) is 7.71. The minimum Gasteiger partial charge on any atom is -0.461 e. The minimum atomic E-state index is -0.723. The van der Waals surface area contributed by atoms with Crippen LogP contribution in [0.5, 0.6) is 0 Å². The van der Waals surface area contributed by atoms with E-state index in [1.807, 2.05) is 48.7 Å². The quantitative estimate of drug-likeness (QED) is 0.363. The number of nitrogens with two attached hydrogens (primary N) is 1. The SMILES string of the molecule is CC(C)N(CC1O[C@@H](n2cnc3c(N)ncnc32)[C@@H]2OC(C)(C)O[C@H]12)C1CC(CCC(=O)OCc2ccccc2)C1. The fraction of sp³-hybridized carbons (Fsp3) is 0.600. The molecular weight excluding hydrogens is 524 g/mol. The van der Waals surface area contributed by atoms with Crippen LogP contribution >= 0.6 is 0 Å². The maximum absolute atomic E-state index is 12.3. The summed E-state index contributed by atoms with van der Waals surface area (Å²) >= 11 is 0. The minimum absolute atomic E-state index is 0.130. The molecule has 1 aromatic carbocycles. The number of nitrogens with zero attached hydrogens (tertiary/aromatic N) is 5. The van der Waals surface area contributed by atoms with E-state index in [2.05, 4.69) is 33.7 Å². The van der Waals surface area contributed by atoms with Crippen LogP contribution in [-0.4, -0.2) is 73.1 Å². The highest BCUT2D eigenvalue weighted by molar-refractivity contribution is 5.81. The van der Waals surface area contributed by atoms with Crippen LogP contribution in [0.3, 0.4) is 0 Å². The monoisotopic (exact) mass is 564 g/mol. The van der Waals surface area contributed by atoms with Crippen LogP contribution in [0.4, 0.5) is 5.82 Å². The molecule has 3 aromatic rings. The summed E-state index contributed by atoms with van der Waals surface area (Å²) in [5, 5.41) is 0. The highest BCUT2D eigenvalue weighted by Gasteiger charge is 2.56. The van der Waals surface area contributed by atoms with E-state index in [4.69, 9.17) is 24.7 Å². The van der Waals surface area contributed by atoms with E-state index in [1.165, 1.54) is 6.33 Å². The molecule has 1 unspecified atom stereocenters. The van der Waals surface area contributed by atoms with Gasteiger partial charge in [-0.25, -0.2) is 15.0 Å². The van der Waals surface area contributed by atoms with Gasteiger partial charge in [0.2, 0.25) is 0 Å². The number of carbonyl (C=O) groups excluding carboxylic acids is 1. The molecule has 2 aromatic heterocycles. The molecule has 2 saturated heterocycles. The van der Waals surface area contributed by atoms with E-state index in [9.17, 15) is 4.79 Å². The Morgan fingerprint density at radius 1 is 1.15 bits per heavy atom. The van der Waals surface area contributed by atoms with Crippen molar-refractivity contribution in [2.24, 2.45) is 5.92 Å². The lowest BCUT2D eigenvalue weighted by molar-refractivity contribution is -0.199. The largest absolute Gasteiger partial charge is 0.461 e. The number of anilines is 1. The average Bonchev–Trinajstić information content (AvgIpc) is 3.58. The topological polar surface area (TPSA) is 127 Å². The number of esters is 1. The molecule has 4 heterocycles. The molecule has 41 heavy (non-hydrogen) atoms. The molecule has 3 aliphatic rings. The Labute approximate surface area is 240 Å². The summed E-state index contributed by atoms with van der Waals surface area (Å²) in [7, 11) is 0. The summed E-state index contributed by atoms with van der Waals surface area (Å²) < 4.78 is 26.7. The van der Waals surface area contributed by atoms with Crippen LogP contribution in [-0.2, 0) is 30.3 Å². The highest BCUT2D eigenvalue weighted by Crippen LogP contribution is 2.45. The van der Waals surface area contributed by atoms with Crippen LogP contribution < -0.4 is 5.73 Å². The molecule has 220 valence electrons. The lowest BCUT2D eigenvalue weighted by Crippen LogP contribution is -2.52. The zero-order chi connectivity index (χ0) is 28.7. The fourth-order valence-electron chi connectivity index (χ4n) is 6.41. The molecule has 3 fully saturated rings. The van der Waals surface area contributed by atoms with Gasteiger partial charge in [0.25, 0.3) is 0 Å². The van der Waals surface area contributed by atoms with Gasteiger partial charge in [0.1, 0.15) is 36.8 Å². The third-order valence-electron chi connectivity index (χ3n) is 8.52. The van der Waals surface area contributed by atoms with Crippen molar-refractivity contribution in [2.75, 3.05) is 12.3 Å². The van der Waals surface area contributed by atoms with Crippen molar-refractivity contribution < 1.29 is 23.7 Å². The van der Waals surface area contributed by atoms with Crippen LogP contribution in [0.25, 0.3) is 11.2 Å². The maximum atomic E-state index is 12.3. The van der Waals surface area contributed by atoms with Gasteiger partial charge in [-0.3, -0.25) is 14.3 Å². The van der Waals surface area contributed by atoms with E-state index in [-0.39, 0.29) is 24.3 Å². The van der Waals surface area contributed by atoms with Crippen molar-refractivity contribution in [2.45, 2.75) is 102 Å². The average molecular weight is 565 g/mol. The summed E-state index contributed by atoms with van der Waals surface area (Å²) in [4.78, 5) is 27.7. The number of hydrogen-bond acceptors (Lipinski definition) is 10. The van der Waals surface area contributed by atoms with Gasteiger partial charge in [0.05, 0.1) is 6.33 Å². The van der Waals surface area contributed by atoms with Gasteiger partial charge in [0.15, 0.2) is 23.5 Å². The Morgan fingerprint density at radius 2 is 1.90 bits per heavy atom. The van der Waals surface area contributed by atoms with Crippen molar-refractivity contribution in [3.8, 4) is 0 Å². The molecule has 0 amide bonds. The van der Waals surface area contributed by atoms with Gasteiger partial charge >= 0.3 is 5.97 Å². The Morgan fingerprint density at radius 3 is 2.66 bits per heavy atom. The summed E-state index contributed by atoms with van der Waals surface area (Å²) in [5.74, 6) is -0.00414. The van der Waals surface area contributed by atoms with Gasteiger partial charge in [0, 0.05) is 25.0 Å². The van der Waals surface area contributed by atoms with Crippen LogP contribution in [0.1, 0.15) is 65.2 Å². The van der Waals surface area contributed by atoms with E-state index in [0.29, 0.717) is 48.0 Å². The molecule has 11 heteroatoms. The normalized spacial score (nSPS) is 28.7. The zero-order valence-corrected chi connectivity index (χ0v) is 24.2. The number of imidazole rings is 1. The smallest absolute Gasteiger partial charge is 0.306 e. The third kappa shape index (κ3) is 5.81. The predicted molar refractivity (Wildman–Crippen MR) is 151 cm³/mol. The Hall–Kier alpha value is -3.12. The molecule has 11 nitrogen and oxygen atoms in total. The Balaban J connectivity index is 1.07. The van der Waals surface area contributed by atoms with Crippen LogP contribution in [0.2, 0.25) is 0 Å². The first-order chi connectivity index (χ1) is 19.7. The van der Waals surface area contributed by atoms with E-state index < -0.39 is 12.0 Å². The van der Waals surface area contributed by atoms with Gasteiger partial charge in [-0.1, -0.05) is 30.3 Å². The van der Waals surface area contributed by atoms with Crippen LogP contribution in [0, 0.1) is 5.92 Å². The molecule has 6 rings (SSSR count). The number of aromatic nitrogens is 4. The number of benzene rings is 1. The molecule has 0 bridgehead atoms. The third-order valence-corrected chi connectivity index (χ3v) is 8.52. The van der Waals surface area contributed by atoms with E-state index in [1.54, 1.807) is 6.33 Å². The fourth-order valence-corrected chi connectivity index (χ4v) is 6.41. The maximum Gasteiger partial charge on any atom is 0.306 e. The van der Waals surface area contributed by atoms with E-state index in [0.717, 1.165) is 31.4 Å². The Bertz CT molecular complexity index is 1360. The van der Waals surface area contributed by atoms with Gasteiger partial charge in [-0.2, -0.15) is 0 Å². The first kappa shape index (κ1) is 28.0. The molecular formula is C30H40N6O5. The molecule has 4 atom stereocenters. The first-order valence-electron chi connectivity index (χ1n) is 14.6. The van der Waals surface area contributed by atoms with Gasteiger partial charge in [-0.15, -0.1) is 0 Å². The summed E-state index contributed by atoms with van der Waals surface area (Å²) in [6.45, 7) is 9.36. The number of ether oxygens (including phenoxy) is 4. The molecule has 2 N–H and O–H groups in total. The zero-order valence-electron chi connectivity index (χ0n) is 24.2. The summed E-state index contributed by atoms with van der Waals surface area (Å²) in [6, 6.07) is 10.5. The highest BCUT2D eigenvalue weighted by atomic mass is 16.8. The van der Waals surface area contributed by atoms with Crippen molar-refractivity contribution >= 4 is 23.0 Å². The summed E-state index contributed by atoms with van der Waals surface area (Å²) in [6.07, 6.45) is 5.36. The second-order valence-electron chi connectivity index (χ2n) is 12.2. The number of hydrogen-bond donors (Lipinski definition) is 1. The predicted octanol–water partition coefficient (Wildman–Crippen LogP) is 3.84. The number of nitrogen functional groups attached to an aromatic ring is 1. The second kappa shape index (κ2) is 11.3. The molecule has 1 aliphatic carbocycles. The lowest BCUT2D eigenvalue weighted by atomic mass is 9.76. The van der Waals surface area contributed by atoms with Crippen molar-refractivity contribution in [1.29, 1.82) is 0 Å². The van der Waals surface area contributed by atoms with Crippen molar-refractivity contribution in [3.05, 3.63) is 48.5 Å². The number of rotatable bonds is 10. The van der Waals surface area contributed by atoms with E-state index >= 15 is 0 Å². The van der Waals surface area contributed by atoms with Gasteiger partial charge in [-0.05, 0) is 58.4 Å².